The molecule has 306 valence electrons. The Morgan fingerprint density at radius 2 is 1.36 bits per heavy atom. The summed E-state index contributed by atoms with van der Waals surface area (Å²) in [5, 5.41) is 96.3. The zero-order valence-corrected chi connectivity index (χ0v) is 32.4. The van der Waals surface area contributed by atoms with Crippen molar-refractivity contribution in [1.82, 2.24) is 0 Å². The van der Waals surface area contributed by atoms with E-state index in [9.17, 15) is 46.0 Å². The normalized spacial score (nSPS) is 51.5. The van der Waals surface area contributed by atoms with Crippen LogP contribution >= 0.6 is 0 Å². The monoisotopic (exact) mass is 756 g/mol. The van der Waals surface area contributed by atoms with Gasteiger partial charge >= 0.3 is 0 Å². The summed E-state index contributed by atoms with van der Waals surface area (Å²) >= 11 is 0. The molecule has 0 spiro atoms. The van der Waals surface area contributed by atoms with E-state index in [1.54, 1.807) is 0 Å². The number of hydrogen-bond acceptors (Lipinski definition) is 13. The van der Waals surface area contributed by atoms with Crippen LogP contribution in [0.5, 0.6) is 0 Å². The first-order valence-electron chi connectivity index (χ1n) is 20.1. The number of hydrogen-bond donors (Lipinski definition) is 9. The van der Waals surface area contributed by atoms with Gasteiger partial charge in [-0.25, -0.2) is 0 Å². The van der Waals surface area contributed by atoms with Crippen molar-refractivity contribution in [2.24, 2.45) is 45.8 Å². The Hall–Kier alpha value is -0.780. The molecule has 2 heterocycles. The average molecular weight is 757 g/mol. The van der Waals surface area contributed by atoms with Crippen LogP contribution in [0.4, 0.5) is 0 Å². The summed E-state index contributed by atoms with van der Waals surface area (Å²) < 4.78 is 24.3. The minimum Gasteiger partial charge on any atom is -0.394 e. The van der Waals surface area contributed by atoms with Gasteiger partial charge in [-0.2, -0.15) is 0 Å². The largest absolute Gasteiger partial charge is 0.394 e. The topological polar surface area (TPSA) is 219 Å². The first kappa shape index (κ1) is 41.8. The molecule has 0 aromatic carbocycles. The maximum absolute atomic E-state index is 11.9. The number of aliphatic hydroxyl groups is 9. The van der Waals surface area contributed by atoms with Crippen LogP contribution in [0.25, 0.3) is 0 Å². The Kier molecular flexibility index (Phi) is 12.5. The van der Waals surface area contributed by atoms with E-state index in [-0.39, 0.29) is 34.5 Å². The van der Waals surface area contributed by atoms with Crippen LogP contribution in [0.15, 0.2) is 11.6 Å². The van der Waals surface area contributed by atoms with Gasteiger partial charge in [0.2, 0.25) is 0 Å². The number of fused-ring (bicyclic) bond motifs is 5. The van der Waals surface area contributed by atoms with Gasteiger partial charge in [-0.05, 0) is 117 Å². The summed E-state index contributed by atoms with van der Waals surface area (Å²) in [5.41, 5.74) is 0.757. The lowest BCUT2D eigenvalue weighted by Crippen LogP contribution is -2.66. The Morgan fingerprint density at radius 1 is 0.736 bits per heavy atom. The molecule has 6 fully saturated rings. The fraction of sp³-hybridized carbons (Fsp3) is 0.950. The van der Waals surface area contributed by atoms with Crippen molar-refractivity contribution in [2.45, 2.75) is 179 Å². The summed E-state index contributed by atoms with van der Waals surface area (Å²) in [4.78, 5) is 0. The second kappa shape index (κ2) is 15.9. The predicted molar refractivity (Wildman–Crippen MR) is 192 cm³/mol. The third kappa shape index (κ3) is 7.32. The summed E-state index contributed by atoms with van der Waals surface area (Å²) in [6.45, 7) is 12.1. The highest BCUT2D eigenvalue weighted by atomic mass is 16.8. The molecule has 13 nitrogen and oxygen atoms in total. The smallest absolute Gasteiger partial charge is 0.187 e. The zero-order chi connectivity index (χ0) is 38.8. The second-order valence-corrected chi connectivity index (χ2v) is 18.8. The minimum atomic E-state index is -1.75. The van der Waals surface area contributed by atoms with E-state index < -0.39 is 98.4 Å². The molecular formula is C40H68O13. The third-order valence-electron chi connectivity index (χ3n) is 15.3. The van der Waals surface area contributed by atoms with E-state index in [4.69, 9.17) is 18.9 Å². The Balaban J connectivity index is 1.20. The Morgan fingerprint density at radius 3 is 2.00 bits per heavy atom. The van der Waals surface area contributed by atoms with Crippen LogP contribution in [-0.2, 0) is 18.9 Å². The van der Waals surface area contributed by atoms with E-state index in [1.807, 2.05) is 0 Å². The SMILES string of the molecule is CC(C)=CCC[C@H](O)C1CCC2[C@@H]1[C@H](O)CC1[C@@]2(C)CCC2C(C)(C)[C@@H](OC3OC(CO)C(O)C(O)C3OC3OC(CO)C(O)C(O)C3O)CC[C@@]21C. The molecule has 0 amide bonds. The molecule has 4 saturated carbocycles. The quantitative estimate of drug-likeness (QED) is 0.114. The van der Waals surface area contributed by atoms with Gasteiger partial charge in [-0.1, -0.05) is 39.3 Å². The fourth-order valence-corrected chi connectivity index (χ4v) is 12.6. The van der Waals surface area contributed by atoms with E-state index in [2.05, 4.69) is 47.6 Å². The van der Waals surface area contributed by atoms with Gasteiger partial charge in [0.05, 0.1) is 31.5 Å². The van der Waals surface area contributed by atoms with Crippen molar-refractivity contribution in [3.63, 3.8) is 0 Å². The van der Waals surface area contributed by atoms with Crippen LogP contribution in [0.1, 0.15) is 99.3 Å². The highest BCUT2D eigenvalue weighted by Gasteiger charge is 2.67. The van der Waals surface area contributed by atoms with E-state index >= 15 is 0 Å². The fourth-order valence-electron chi connectivity index (χ4n) is 12.6. The summed E-state index contributed by atoms with van der Waals surface area (Å²) in [7, 11) is 0. The highest BCUT2D eigenvalue weighted by molar-refractivity contribution is 5.16. The Bertz CT molecular complexity index is 1270. The molecule has 6 rings (SSSR count). The number of ether oxygens (including phenoxy) is 4. The maximum atomic E-state index is 11.9. The lowest BCUT2D eigenvalue weighted by Gasteiger charge is -2.68. The lowest BCUT2D eigenvalue weighted by atomic mass is 9.38. The molecule has 4 aliphatic carbocycles. The van der Waals surface area contributed by atoms with E-state index in [0.29, 0.717) is 18.8 Å². The number of rotatable bonds is 10. The molecule has 6 aliphatic rings. The first-order chi connectivity index (χ1) is 24.9. The molecular weight excluding hydrogens is 688 g/mol. The molecule has 53 heavy (non-hydrogen) atoms. The van der Waals surface area contributed by atoms with Gasteiger partial charge in [0.15, 0.2) is 12.6 Å². The van der Waals surface area contributed by atoms with Crippen LogP contribution in [-0.4, -0.2) is 139 Å². The van der Waals surface area contributed by atoms with Crippen LogP contribution in [0, 0.1) is 45.8 Å². The van der Waals surface area contributed by atoms with Crippen molar-refractivity contribution in [3.05, 3.63) is 11.6 Å². The molecule has 13 heteroatoms. The van der Waals surface area contributed by atoms with E-state index in [0.717, 1.165) is 44.9 Å². The highest BCUT2D eigenvalue weighted by Crippen LogP contribution is 2.71. The molecule has 14 unspecified atom stereocenters. The molecule has 0 bridgehead atoms. The number of allylic oxidation sites excluding steroid dienone is 2. The molecule has 0 aromatic heterocycles. The maximum Gasteiger partial charge on any atom is 0.187 e. The lowest BCUT2D eigenvalue weighted by molar-refractivity contribution is -0.378. The van der Waals surface area contributed by atoms with Gasteiger partial charge in [0.1, 0.15) is 48.8 Å². The van der Waals surface area contributed by atoms with E-state index in [1.165, 1.54) is 5.57 Å². The molecule has 2 aliphatic heterocycles. The van der Waals surface area contributed by atoms with Gasteiger partial charge in [-0.15, -0.1) is 0 Å². The van der Waals surface area contributed by atoms with Gasteiger partial charge in [-0.3, -0.25) is 0 Å². The number of aliphatic hydroxyl groups excluding tert-OH is 9. The first-order valence-corrected chi connectivity index (χ1v) is 20.1. The standard InChI is InChI=1S/C40H68O13/c1-19(2)8-7-9-22(43)20-10-11-21-29(20)23(44)16-27-39(21,5)14-12-26-38(3,4)28(13-15-40(26,27)6)52-37-35(33(48)31(46)25(18-42)51-37)53-36-34(49)32(47)30(45)24(17-41)50-36/h8,20-37,41-49H,7,9-18H2,1-6H3/t20?,21?,22-,23+,24?,25?,26?,27?,28-,29+,30?,31?,32?,33?,34?,35?,36?,37?,39-,40-/m0/s1. The molecule has 2 saturated heterocycles. The second-order valence-electron chi connectivity index (χ2n) is 18.8. The van der Waals surface area contributed by atoms with Crippen LogP contribution in [0.2, 0.25) is 0 Å². The van der Waals surface area contributed by atoms with Gasteiger partial charge < -0.3 is 64.9 Å². The van der Waals surface area contributed by atoms with Crippen molar-refractivity contribution in [3.8, 4) is 0 Å². The van der Waals surface area contributed by atoms with Crippen LogP contribution in [0.3, 0.4) is 0 Å². The van der Waals surface area contributed by atoms with Gasteiger partial charge in [0, 0.05) is 0 Å². The molecule has 0 radical (unpaired) electrons. The van der Waals surface area contributed by atoms with Crippen molar-refractivity contribution in [1.29, 1.82) is 0 Å². The Labute approximate surface area is 314 Å². The predicted octanol–water partition coefficient (Wildman–Crippen LogP) is 1.37. The summed E-state index contributed by atoms with van der Waals surface area (Å²) in [6.07, 6.45) is -6.51. The third-order valence-corrected chi connectivity index (χ3v) is 15.3. The van der Waals surface area contributed by atoms with Crippen molar-refractivity contribution < 1.29 is 64.9 Å². The minimum absolute atomic E-state index is 0.0265. The average Bonchev–Trinajstić information content (AvgIpc) is 3.57. The van der Waals surface area contributed by atoms with Crippen molar-refractivity contribution >= 4 is 0 Å². The molecule has 20 atom stereocenters. The molecule has 9 N–H and O–H groups in total. The summed E-state index contributed by atoms with van der Waals surface area (Å²) in [6, 6.07) is 0. The van der Waals surface area contributed by atoms with Crippen LogP contribution < -0.4 is 0 Å². The zero-order valence-electron chi connectivity index (χ0n) is 32.4. The van der Waals surface area contributed by atoms with Crippen molar-refractivity contribution in [2.75, 3.05) is 13.2 Å². The molecule has 0 aromatic rings. The van der Waals surface area contributed by atoms with Gasteiger partial charge in [0.25, 0.3) is 0 Å². The summed E-state index contributed by atoms with van der Waals surface area (Å²) in [5.74, 6) is 1.02.